The molecule has 1 unspecified atom stereocenters. The van der Waals surface area contributed by atoms with Crippen molar-refractivity contribution in [1.82, 2.24) is 4.57 Å². The molecule has 0 saturated heterocycles. The molecule has 0 amide bonds. The first-order valence-electron chi connectivity index (χ1n) is 8.33. The van der Waals surface area contributed by atoms with E-state index >= 15 is 0 Å². The summed E-state index contributed by atoms with van der Waals surface area (Å²) < 4.78 is 2.43. The molecule has 3 nitrogen and oxygen atoms in total. The van der Waals surface area contributed by atoms with Gasteiger partial charge < -0.3 is 14.6 Å². The molecule has 0 fully saturated rings. The molecule has 1 aliphatic carbocycles. The summed E-state index contributed by atoms with van der Waals surface area (Å²) >= 11 is 0. The zero-order valence-corrected chi connectivity index (χ0v) is 13.0. The number of aliphatic hydroxyl groups excluding tert-OH is 1. The van der Waals surface area contributed by atoms with E-state index in [9.17, 15) is 5.11 Å². The normalized spacial score (nSPS) is 28.4. The summed E-state index contributed by atoms with van der Waals surface area (Å²) in [5.41, 5.74) is 5.75. The molecule has 21 heavy (non-hydrogen) atoms. The zero-order valence-electron chi connectivity index (χ0n) is 13.0. The van der Waals surface area contributed by atoms with E-state index in [2.05, 4.69) is 36.6 Å². The maximum Gasteiger partial charge on any atom is 0.129 e. The Morgan fingerprint density at radius 2 is 2.24 bits per heavy atom. The maximum atomic E-state index is 10.5. The molecule has 0 bridgehead atoms. The van der Waals surface area contributed by atoms with Gasteiger partial charge in [-0.1, -0.05) is 11.6 Å². The lowest BCUT2D eigenvalue weighted by atomic mass is 9.90. The Morgan fingerprint density at radius 1 is 1.38 bits per heavy atom. The second kappa shape index (κ2) is 4.85. The van der Waals surface area contributed by atoms with E-state index in [0.717, 1.165) is 19.6 Å². The van der Waals surface area contributed by atoms with Crippen molar-refractivity contribution in [3.05, 3.63) is 35.0 Å². The molecule has 2 N–H and O–H groups in total. The number of hydrogen-bond donors (Lipinski definition) is 2. The zero-order chi connectivity index (χ0) is 14.6. The van der Waals surface area contributed by atoms with Crippen molar-refractivity contribution in [2.24, 2.45) is 0 Å². The average molecular weight is 285 g/mol. The third kappa shape index (κ3) is 1.95. The van der Waals surface area contributed by atoms with Crippen LogP contribution >= 0.6 is 0 Å². The van der Waals surface area contributed by atoms with Gasteiger partial charge in [-0.15, -0.1) is 0 Å². The van der Waals surface area contributed by atoms with Gasteiger partial charge in [0.05, 0.1) is 18.8 Å². The summed E-state index contributed by atoms with van der Waals surface area (Å²) in [6.07, 6.45) is 3.51. The van der Waals surface area contributed by atoms with Crippen molar-refractivity contribution in [3.8, 4) is 0 Å². The first-order valence-corrected chi connectivity index (χ1v) is 8.33. The predicted octanol–water partition coefficient (Wildman–Crippen LogP) is 1.61. The Balaban J connectivity index is 2.01. The van der Waals surface area contributed by atoms with Gasteiger partial charge in [-0.2, -0.15) is 0 Å². The van der Waals surface area contributed by atoms with Crippen molar-refractivity contribution in [2.45, 2.75) is 51.8 Å². The van der Waals surface area contributed by atoms with E-state index in [0.29, 0.717) is 6.04 Å². The van der Waals surface area contributed by atoms with Crippen LogP contribution in [0.2, 0.25) is 0 Å². The van der Waals surface area contributed by atoms with E-state index in [-0.39, 0.29) is 6.10 Å². The Kier molecular flexibility index (Phi) is 3.09. The van der Waals surface area contributed by atoms with Gasteiger partial charge in [0.2, 0.25) is 0 Å². The fourth-order valence-electron chi connectivity index (χ4n) is 4.54. The van der Waals surface area contributed by atoms with Crippen molar-refractivity contribution in [2.75, 3.05) is 13.1 Å². The van der Waals surface area contributed by atoms with Gasteiger partial charge in [0.25, 0.3) is 0 Å². The highest BCUT2D eigenvalue weighted by Crippen LogP contribution is 2.37. The summed E-state index contributed by atoms with van der Waals surface area (Å²) in [5, 5.41) is 11.9. The Labute approximate surface area is 126 Å². The van der Waals surface area contributed by atoms with Crippen molar-refractivity contribution in [3.63, 3.8) is 0 Å². The number of aliphatic hydroxyl groups is 1. The number of fused-ring (bicyclic) bond motifs is 3. The summed E-state index contributed by atoms with van der Waals surface area (Å²) in [5.74, 6) is 0. The number of quaternary nitrogens is 1. The van der Waals surface area contributed by atoms with E-state index in [1.165, 1.54) is 41.4 Å². The van der Waals surface area contributed by atoms with Gasteiger partial charge in [0.1, 0.15) is 18.7 Å². The van der Waals surface area contributed by atoms with Gasteiger partial charge >= 0.3 is 0 Å². The van der Waals surface area contributed by atoms with Crippen LogP contribution in [0.3, 0.4) is 0 Å². The van der Waals surface area contributed by atoms with Crippen LogP contribution in [0.4, 0.5) is 0 Å². The number of aromatic nitrogens is 1. The van der Waals surface area contributed by atoms with Gasteiger partial charge in [0.15, 0.2) is 0 Å². The standard InChI is InChI=1S/C18H24N2O/c1-3-19-10-13(21)11-20-16-8-7-12(2)9-15(16)14-5-4-6-17(19)18(14)20/h7-9,13,17,21H,3-6,10-11H2,1-2H3/p+1/t13-,17-/m1/s1. The second-order valence-electron chi connectivity index (χ2n) is 6.81. The summed E-state index contributed by atoms with van der Waals surface area (Å²) in [4.78, 5) is 1.56. The number of nitrogens with zero attached hydrogens (tertiary/aromatic N) is 1. The number of hydrogen-bond acceptors (Lipinski definition) is 1. The molecule has 3 atom stereocenters. The smallest absolute Gasteiger partial charge is 0.129 e. The molecule has 1 aliphatic heterocycles. The predicted molar refractivity (Wildman–Crippen MR) is 84.7 cm³/mol. The molecule has 0 radical (unpaired) electrons. The molecule has 2 aliphatic rings. The van der Waals surface area contributed by atoms with Crippen LogP contribution < -0.4 is 4.90 Å². The molecule has 1 aromatic carbocycles. The minimum atomic E-state index is -0.230. The van der Waals surface area contributed by atoms with Crippen LogP contribution in [-0.4, -0.2) is 28.9 Å². The van der Waals surface area contributed by atoms with Gasteiger partial charge in [-0.05, 0) is 44.4 Å². The second-order valence-corrected chi connectivity index (χ2v) is 6.81. The highest BCUT2D eigenvalue weighted by molar-refractivity contribution is 5.86. The van der Waals surface area contributed by atoms with E-state index < -0.39 is 0 Å². The topological polar surface area (TPSA) is 29.6 Å². The minimum absolute atomic E-state index is 0.230. The third-order valence-corrected chi connectivity index (χ3v) is 5.46. The Hall–Kier alpha value is -1.32. The first kappa shape index (κ1) is 13.4. The maximum absolute atomic E-state index is 10.5. The largest absolute Gasteiger partial charge is 0.385 e. The van der Waals surface area contributed by atoms with Gasteiger partial charge in [0, 0.05) is 17.3 Å². The quantitative estimate of drug-likeness (QED) is 0.819. The van der Waals surface area contributed by atoms with E-state index in [1.54, 1.807) is 10.5 Å². The molecule has 2 heterocycles. The SMILES string of the molecule is CC[NH+]1C[C@@H](O)Cn2c3c(c4cc(C)ccc42)CCC[C@H]31. The van der Waals surface area contributed by atoms with E-state index in [1.807, 2.05) is 0 Å². The monoisotopic (exact) mass is 285 g/mol. The first-order chi connectivity index (χ1) is 10.2. The Morgan fingerprint density at radius 3 is 3.05 bits per heavy atom. The number of rotatable bonds is 1. The highest BCUT2D eigenvalue weighted by Gasteiger charge is 2.37. The Bertz CT molecular complexity index is 688. The lowest BCUT2D eigenvalue weighted by Crippen LogP contribution is -3.13. The highest BCUT2D eigenvalue weighted by atomic mass is 16.3. The lowest BCUT2D eigenvalue weighted by molar-refractivity contribution is -0.933. The third-order valence-electron chi connectivity index (χ3n) is 5.46. The van der Waals surface area contributed by atoms with Crippen LogP contribution in [-0.2, 0) is 13.0 Å². The van der Waals surface area contributed by atoms with Crippen molar-refractivity contribution in [1.29, 1.82) is 0 Å². The summed E-state index contributed by atoms with van der Waals surface area (Å²) in [6, 6.07) is 7.37. The number of likely N-dealkylation sites (N-methyl/N-ethyl adjacent to an activating group) is 1. The van der Waals surface area contributed by atoms with Crippen molar-refractivity contribution >= 4 is 10.9 Å². The number of nitrogens with one attached hydrogen (secondary N) is 1. The fourth-order valence-corrected chi connectivity index (χ4v) is 4.54. The van der Waals surface area contributed by atoms with Crippen LogP contribution in [0.15, 0.2) is 18.2 Å². The number of benzene rings is 1. The molecule has 2 aromatic rings. The molecular weight excluding hydrogens is 260 g/mol. The minimum Gasteiger partial charge on any atom is -0.385 e. The summed E-state index contributed by atoms with van der Waals surface area (Å²) in [6.45, 7) is 7.17. The molecule has 3 heteroatoms. The van der Waals surface area contributed by atoms with E-state index in [4.69, 9.17) is 0 Å². The average Bonchev–Trinajstić information content (AvgIpc) is 2.69. The molecular formula is C18H25N2O+. The molecule has 1 aromatic heterocycles. The summed E-state index contributed by atoms with van der Waals surface area (Å²) in [7, 11) is 0. The van der Waals surface area contributed by atoms with Crippen molar-refractivity contribution < 1.29 is 10.0 Å². The van der Waals surface area contributed by atoms with Gasteiger partial charge in [-0.25, -0.2) is 0 Å². The molecule has 0 spiro atoms. The molecule has 0 saturated carbocycles. The van der Waals surface area contributed by atoms with Crippen LogP contribution in [0.1, 0.15) is 42.6 Å². The van der Waals surface area contributed by atoms with Gasteiger partial charge in [-0.3, -0.25) is 0 Å². The fraction of sp³-hybridized carbons (Fsp3) is 0.556. The lowest BCUT2D eigenvalue weighted by Gasteiger charge is -2.30. The molecule has 112 valence electrons. The van der Waals surface area contributed by atoms with Crippen LogP contribution in [0, 0.1) is 6.92 Å². The van der Waals surface area contributed by atoms with Crippen LogP contribution in [0.25, 0.3) is 10.9 Å². The molecule has 4 rings (SSSR count). The number of aryl methyl sites for hydroxylation is 2. The van der Waals surface area contributed by atoms with Crippen LogP contribution in [0.5, 0.6) is 0 Å².